The number of methoxy groups -OCH3 is 2. The molecule has 1 saturated heterocycles. The van der Waals surface area contributed by atoms with Crippen LogP contribution in [-0.4, -0.2) is 54.0 Å². The molecule has 1 aliphatic rings. The van der Waals surface area contributed by atoms with Gasteiger partial charge in [-0.2, -0.15) is 5.10 Å². The van der Waals surface area contributed by atoms with Crippen molar-refractivity contribution in [3.63, 3.8) is 0 Å². The molecule has 0 spiro atoms. The van der Waals surface area contributed by atoms with E-state index < -0.39 is 16.9 Å². The molecule has 0 bridgehead atoms. The van der Waals surface area contributed by atoms with E-state index >= 15 is 0 Å². The van der Waals surface area contributed by atoms with Crippen molar-refractivity contribution >= 4 is 23.3 Å². The Labute approximate surface area is 189 Å². The first-order valence-electron chi connectivity index (χ1n) is 10.3. The molecule has 0 saturated carbocycles. The van der Waals surface area contributed by atoms with Gasteiger partial charge in [0.05, 0.1) is 24.8 Å². The summed E-state index contributed by atoms with van der Waals surface area (Å²) in [7, 11) is 2.40. The Morgan fingerprint density at radius 2 is 1.67 bits per heavy atom. The van der Waals surface area contributed by atoms with Gasteiger partial charge in [0.2, 0.25) is 0 Å². The van der Waals surface area contributed by atoms with Gasteiger partial charge in [-0.3, -0.25) is 10.1 Å². The molecule has 4 rings (SSSR count). The second-order valence-corrected chi connectivity index (χ2v) is 7.46. The van der Waals surface area contributed by atoms with Crippen LogP contribution in [0.3, 0.4) is 0 Å². The minimum absolute atomic E-state index is 0.108. The number of nitrogens with zero attached hydrogens (tertiary/aromatic N) is 4. The molecule has 10 heteroatoms. The quantitative estimate of drug-likeness (QED) is 0.318. The molecular weight excluding hydrogens is 428 g/mol. The summed E-state index contributed by atoms with van der Waals surface area (Å²) in [6, 6.07) is 13.2. The predicted octanol–water partition coefficient (Wildman–Crippen LogP) is 3.62. The summed E-state index contributed by atoms with van der Waals surface area (Å²) in [6.07, 6.45) is 1.96. The number of nitro groups is 1. The second kappa shape index (κ2) is 9.11. The van der Waals surface area contributed by atoms with Crippen molar-refractivity contribution in [1.29, 1.82) is 0 Å². The number of non-ortho nitro benzene ring substituents is 1. The summed E-state index contributed by atoms with van der Waals surface area (Å²) >= 11 is 0. The van der Waals surface area contributed by atoms with E-state index in [0.717, 1.165) is 25.9 Å². The van der Waals surface area contributed by atoms with Crippen LogP contribution in [0.25, 0.3) is 16.9 Å². The minimum atomic E-state index is -0.800. The van der Waals surface area contributed by atoms with Crippen molar-refractivity contribution in [2.24, 2.45) is 0 Å². The summed E-state index contributed by atoms with van der Waals surface area (Å²) in [6.45, 7) is 1.53. The van der Waals surface area contributed by atoms with Crippen molar-refractivity contribution in [1.82, 2.24) is 9.78 Å². The number of anilines is 1. The van der Waals surface area contributed by atoms with Crippen molar-refractivity contribution in [2.45, 2.75) is 12.8 Å². The molecule has 2 heterocycles. The molecule has 0 amide bonds. The van der Waals surface area contributed by atoms with Crippen LogP contribution in [0, 0.1) is 10.1 Å². The van der Waals surface area contributed by atoms with E-state index in [-0.39, 0.29) is 22.6 Å². The molecule has 170 valence electrons. The van der Waals surface area contributed by atoms with Crippen molar-refractivity contribution in [2.75, 3.05) is 32.2 Å². The number of para-hydroxylation sites is 1. The third kappa shape index (κ3) is 4.02. The van der Waals surface area contributed by atoms with Crippen LogP contribution < -0.4 is 4.90 Å². The Balaban J connectivity index is 2.06. The van der Waals surface area contributed by atoms with Gasteiger partial charge in [0.1, 0.15) is 11.3 Å². The molecule has 0 aliphatic carbocycles. The van der Waals surface area contributed by atoms with E-state index in [1.165, 1.54) is 31.0 Å². The lowest BCUT2D eigenvalue weighted by molar-refractivity contribution is -0.384. The van der Waals surface area contributed by atoms with Crippen molar-refractivity contribution < 1.29 is 24.0 Å². The van der Waals surface area contributed by atoms with E-state index in [0.29, 0.717) is 16.9 Å². The van der Waals surface area contributed by atoms with Gasteiger partial charge in [0, 0.05) is 36.5 Å². The highest BCUT2D eigenvalue weighted by atomic mass is 16.6. The average Bonchev–Trinajstić information content (AvgIpc) is 3.51. The number of ether oxygens (including phenoxy) is 2. The SMILES string of the molecule is COC(=O)c1c(-c2cc([N+](=O)[O-])ccc2N2CCCC2)nn(-c2ccccc2)c1C(=O)OC. The van der Waals surface area contributed by atoms with Gasteiger partial charge in [0.25, 0.3) is 5.69 Å². The summed E-state index contributed by atoms with van der Waals surface area (Å²) in [5.41, 5.74) is 1.29. The largest absolute Gasteiger partial charge is 0.465 e. The molecule has 0 N–H and O–H groups in total. The van der Waals surface area contributed by atoms with Crippen LogP contribution in [0.2, 0.25) is 0 Å². The number of aromatic nitrogens is 2. The zero-order valence-electron chi connectivity index (χ0n) is 18.2. The Morgan fingerprint density at radius 1 is 1.00 bits per heavy atom. The molecule has 33 heavy (non-hydrogen) atoms. The van der Waals surface area contributed by atoms with Gasteiger partial charge in [-0.05, 0) is 31.0 Å². The number of benzene rings is 2. The van der Waals surface area contributed by atoms with Gasteiger partial charge >= 0.3 is 11.9 Å². The highest BCUT2D eigenvalue weighted by Crippen LogP contribution is 2.38. The van der Waals surface area contributed by atoms with E-state index in [9.17, 15) is 19.7 Å². The summed E-state index contributed by atoms with van der Waals surface area (Å²) in [5, 5.41) is 16.1. The standard InChI is InChI=1S/C23H22N4O6/c1-32-22(28)19-20(24-26(21(19)23(29)33-2)15-8-4-3-5-9-15)17-14-16(27(30)31)10-11-18(17)25-12-6-7-13-25/h3-5,8-11,14H,6-7,12-13H2,1-2H3. The zero-order chi connectivity index (χ0) is 23.5. The van der Waals surface area contributed by atoms with E-state index in [1.54, 1.807) is 36.4 Å². The number of hydrogen-bond donors (Lipinski definition) is 0. The van der Waals surface area contributed by atoms with Crippen LogP contribution in [0.4, 0.5) is 11.4 Å². The van der Waals surface area contributed by atoms with Crippen molar-refractivity contribution in [3.05, 3.63) is 69.9 Å². The highest BCUT2D eigenvalue weighted by Gasteiger charge is 2.33. The second-order valence-electron chi connectivity index (χ2n) is 7.46. The lowest BCUT2D eigenvalue weighted by atomic mass is 10.0. The molecule has 0 unspecified atom stereocenters. The van der Waals surface area contributed by atoms with Crippen LogP contribution in [-0.2, 0) is 9.47 Å². The fourth-order valence-corrected chi connectivity index (χ4v) is 4.00. The zero-order valence-corrected chi connectivity index (χ0v) is 18.2. The molecular formula is C23H22N4O6. The van der Waals surface area contributed by atoms with Crippen LogP contribution in [0.5, 0.6) is 0 Å². The maximum atomic E-state index is 12.9. The number of esters is 2. The Kier molecular flexibility index (Phi) is 6.07. The molecule has 3 aromatic rings. The third-order valence-corrected chi connectivity index (χ3v) is 5.55. The van der Waals surface area contributed by atoms with E-state index in [1.807, 2.05) is 0 Å². The molecule has 1 aromatic heterocycles. The summed E-state index contributed by atoms with van der Waals surface area (Å²) < 4.78 is 11.2. The Bertz CT molecular complexity index is 1220. The number of carbonyl (C=O) groups excluding carboxylic acids is 2. The molecule has 0 radical (unpaired) electrons. The fourth-order valence-electron chi connectivity index (χ4n) is 4.00. The Morgan fingerprint density at radius 3 is 2.27 bits per heavy atom. The Hall–Kier alpha value is -4.21. The first-order valence-corrected chi connectivity index (χ1v) is 10.3. The monoisotopic (exact) mass is 450 g/mol. The van der Waals surface area contributed by atoms with Gasteiger partial charge in [-0.25, -0.2) is 14.3 Å². The minimum Gasteiger partial charge on any atom is -0.465 e. The van der Waals surface area contributed by atoms with Crippen LogP contribution >= 0.6 is 0 Å². The van der Waals surface area contributed by atoms with Crippen LogP contribution in [0.15, 0.2) is 48.5 Å². The number of rotatable bonds is 6. The number of hydrogen-bond acceptors (Lipinski definition) is 8. The fraction of sp³-hybridized carbons (Fsp3) is 0.261. The predicted molar refractivity (Wildman–Crippen MR) is 120 cm³/mol. The maximum absolute atomic E-state index is 12.9. The summed E-state index contributed by atoms with van der Waals surface area (Å²) in [4.78, 5) is 38.8. The molecule has 1 aliphatic heterocycles. The number of nitro benzene ring substituents is 1. The molecule has 2 aromatic carbocycles. The van der Waals surface area contributed by atoms with Crippen LogP contribution in [0.1, 0.15) is 33.7 Å². The molecule has 10 nitrogen and oxygen atoms in total. The van der Waals surface area contributed by atoms with Gasteiger partial charge in [-0.1, -0.05) is 18.2 Å². The average molecular weight is 450 g/mol. The van der Waals surface area contributed by atoms with Gasteiger partial charge in [-0.15, -0.1) is 0 Å². The smallest absolute Gasteiger partial charge is 0.357 e. The van der Waals surface area contributed by atoms with E-state index in [2.05, 4.69) is 10.00 Å². The third-order valence-electron chi connectivity index (χ3n) is 5.55. The molecule has 1 fully saturated rings. The van der Waals surface area contributed by atoms with Gasteiger partial charge < -0.3 is 14.4 Å². The first-order chi connectivity index (χ1) is 16.0. The maximum Gasteiger partial charge on any atom is 0.357 e. The lowest BCUT2D eigenvalue weighted by Gasteiger charge is -2.21. The van der Waals surface area contributed by atoms with E-state index in [4.69, 9.17) is 9.47 Å². The number of carbonyl (C=O) groups is 2. The topological polar surface area (TPSA) is 117 Å². The molecule has 0 atom stereocenters. The first kappa shape index (κ1) is 22.0. The normalized spacial score (nSPS) is 13.1. The van der Waals surface area contributed by atoms with Crippen molar-refractivity contribution in [3.8, 4) is 16.9 Å². The van der Waals surface area contributed by atoms with Gasteiger partial charge in [0.15, 0.2) is 5.69 Å². The highest BCUT2D eigenvalue weighted by molar-refractivity contribution is 6.07. The summed E-state index contributed by atoms with van der Waals surface area (Å²) in [5.74, 6) is -1.59. The lowest BCUT2D eigenvalue weighted by Crippen LogP contribution is -2.19.